The van der Waals surface area contributed by atoms with Gasteiger partial charge in [0.05, 0.1) is 12.9 Å². The first-order valence-corrected chi connectivity index (χ1v) is 10.6. The summed E-state index contributed by atoms with van der Waals surface area (Å²) in [6.07, 6.45) is 4.06. The van der Waals surface area contributed by atoms with Crippen molar-refractivity contribution in [3.63, 3.8) is 0 Å². The molecule has 4 rings (SSSR count). The Morgan fingerprint density at radius 3 is 2.92 bits per heavy atom. The quantitative estimate of drug-likeness (QED) is 0.857. The van der Waals surface area contributed by atoms with Crippen LogP contribution in [-0.4, -0.2) is 66.8 Å². The Morgan fingerprint density at radius 1 is 1.32 bits per heavy atom. The predicted octanol–water partition coefficient (Wildman–Crippen LogP) is 1.24. The molecule has 1 aromatic carbocycles. The Bertz CT molecular complexity index is 879. The van der Waals surface area contributed by atoms with Crippen molar-refractivity contribution in [1.82, 2.24) is 14.2 Å². The molecule has 25 heavy (non-hydrogen) atoms. The number of nitrogens with zero attached hydrogens (tertiary/aromatic N) is 2. The summed E-state index contributed by atoms with van der Waals surface area (Å²) in [5, 5.41) is 11.2. The number of hydrogen-bond acceptors (Lipinski definition) is 4. The first-order valence-electron chi connectivity index (χ1n) is 8.75. The van der Waals surface area contributed by atoms with Gasteiger partial charge in [0, 0.05) is 48.7 Å². The van der Waals surface area contributed by atoms with Crippen LogP contribution in [0.25, 0.3) is 10.9 Å². The van der Waals surface area contributed by atoms with Crippen molar-refractivity contribution in [2.75, 3.05) is 39.0 Å². The zero-order valence-electron chi connectivity index (χ0n) is 14.5. The third-order valence-corrected chi connectivity index (χ3v) is 7.27. The predicted molar refractivity (Wildman–Crippen MR) is 97.6 cm³/mol. The van der Waals surface area contributed by atoms with Crippen LogP contribution in [0.3, 0.4) is 0 Å². The van der Waals surface area contributed by atoms with Crippen molar-refractivity contribution >= 4 is 20.9 Å². The lowest BCUT2D eigenvalue weighted by molar-refractivity contribution is 0.0171. The van der Waals surface area contributed by atoms with E-state index in [0.717, 1.165) is 31.6 Å². The van der Waals surface area contributed by atoms with E-state index in [1.807, 2.05) is 6.20 Å². The van der Waals surface area contributed by atoms with E-state index in [1.165, 1.54) is 17.2 Å². The Labute approximate surface area is 148 Å². The lowest BCUT2D eigenvalue weighted by Crippen LogP contribution is -2.48. The number of nitrogens with one attached hydrogen (secondary N) is 1. The first kappa shape index (κ1) is 17.0. The maximum Gasteiger partial charge on any atom is 0.211 e. The van der Waals surface area contributed by atoms with Crippen LogP contribution < -0.4 is 0 Å². The van der Waals surface area contributed by atoms with Gasteiger partial charge in [0.1, 0.15) is 0 Å². The number of likely N-dealkylation sites (tertiary alicyclic amines) is 1. The molecule has 3 heterocycles. The number of aromatic nitrogens is 1. The maximum absolute atomic E-state index is 12.0. The molecule has 2 saturated heterocycles. The number of aliphatic hydroxyl groups is 1. The van der Waals surface area contributed by atoms with Crippen LogP contribution in [-0.2, 0) is 16.6 Å². The van der Waals surface area contributed by atoms with Crippen LogP contribution in [0.4, 0.5) is 0 Å². The van der Waals surface area contributed by atoms with Gasteiger partial charge < -0.3 is 10.1 Å². The molecule has 0 bridgehead atoms. The summed E-state index contributed by atoms with van der Waals surface area (Å²) in [5.74, 6) is 0.186. The van der Waals surface area contributed by atoms with Gasteiger partial charge in [-0.3, -0.25) is 4.90 Å². The highest BCUT2D eigenvalue weighted by Gasteiger charge is 2.51. The summed E-state index contributed by atoms with van der Waals surface area (Å²) in [6.45, 7) is 3.60. The Hall–Kier alpha value is -1.41. The molecule has 0 spiro atoms. The normalized spacial score (nSPS) is 28.5. The summed E-state index contributed by atoms with van der Waals surface area (Å²) in [4.78, 5) is 5.64. The topological polar surface area (TPSA) is 76.6 Å². The molecule has 2 aliphatic rings. The van der Waals surface area contributed by atoms with Crippen LogP contribution in [0.15, 0.2) is 30.5 Å². The lowest BCUT2D eigenvalue weighted by atomic mass is 9.73. The van der Waals surface area contributed by atoms with E-state index in [9.17, 15) is 13.5 Å². The molecule has 0 unspecified atom stereocenters. The average molecular weight is 363 g/mol. The fraction of sp³-hybridized carbons (Fsp3) is 0.556. The van der Waals surface area contributed by atoms with E-state index < -0.39 is 10.0 Å². The standard InChI is InChI=1S/C18H25N3O3S/c1-25(23,24)21-11-15-10-20(8-6-18(15,12-21)13-22)9-14-3-2-4-17-16(14)5-7-19-17/h2-5,7,15,19,22H,6,8-13H2,1H3/t15-,18+/m1/s1. The number of sulfonamides is 1. The van der Waals surface area contributed by atoms with E-state index in [1.54, 1.807) is 4.31 Å². The van der Waals surface area contributed by atoms with Crippen molar-refractivity contribution in [3.8, 4) is 0 Å². The highest BCUT2D eigenvalue weighted by Crippen LogP contribution is 2.43. The minimum absolute atomic E-state index is 0.0604. The van der Waals surface area contributed by atoms with Gasteiger partial charge in [-0.15, -0.1) is 0 Å². The second kappa shape index (κ2) is 6.09. The number of rotatable bonds is 4. The molecule has 0 radical (unpaired) electrons. The zero-order valence-corrected chi connectivity index (χ0v) is 15.3. The van der Waals surface area contributed by atoms with E-state index in [2.05, 4.69) is 34.1 Å². The van der Waals surface area contributed by atoms with Crippen LogP contribution in [0.5, 0.6) is 0 Å². The number of aliphatic hydroxyl groups excluding tert-OH is 1. The molecule has 2 aliphatic heterocycles. The number of H-pyrrole nitrogens is 1. The molecule has 0 aliphatic carbocycles. The van der Waals surface area contributed by atoms with Crippen molar-refractivity contribution in [2.24, 2.45) is 11.3 Å². The molecule has 2 N–H and O–H groups in total. The number of aromatic amines is 1. The molecule has 0 amide bonds. The lowest BCUT2D eigenvalue weighted by Gasteiger charge is -2.42. The molecular formula is C18H25N3O3S. The maximum atomic E-state index is 12.0. The highest BCUT2D eigenvalue weighted by atomic mass is 32.2. The smallest absolute Gasteiger partial charge is 0.211 e. The number of hydrogen-bond donors (Lipinski definition) is 2. The van der Waals surface area contributed by atoms with Crippen molar-refractivity contribution < 1.29 is 13.5 Å². The Morgan fingerprint density at radius 2 is 2.16 bits per heavy atom. The summed E-state index contributed by atoms with van der Waals surface area (Å²) < 4.78 is 25.4. The summed E-state index contributed by atoms with van der Waals surface area (Å²) in [7, 11) is -3.21. The third-order valence-electron chi connectivity index (χ3n) is 6.05. The molecular weight excluding hydrogens is 338 g/mol. The molecule has 7 heteroatoms. The van der Waals surface area contributed by atoms with Crippen LogP contribution in [0, 0.1) is 11.3 Å². The van der Waals surface area contributed by atoms with Gasteiger partial charge in [-0.2, -0.15) is 0 Å². The Kier molecular flexibility index (Phi) is 4.15. The molecule has 0 saturated carbocycles. The van der Waals surface area contributed by atoms with E-state index in [0.29, 0.717) is 13.1 Å². The molecule has 6 nitrogen and oxygen atoms in total. The van der Waals surface area contributed by atoms with Crippen LogP contribution >= 0.6 is 0 Å². The van der Waals surface area contributed by atoms with Gasteiger partial charge in [-0.05, 0) is 36.6 Å². The first-order chi connectivity index (χ1) is 11.9. The van der Waals surface area contributed by atoms with Gasteiger partial charge >= 0.3 is 0 Å². The second-order valence-electron chi connectivity index (χ2n) is 7.61. The largest absolute Gasteiger partial charge is 0.396 e. The SMILES string of the molecule is CS(=O)(=O)N1C[C@H]2CN(Cc3cccc4[nH]ccc34)CC[C@@]2(CO)C1. The third kappa shape index (κ3) is 2.99. The highest BCUT2D eigenvalue weighted by molar-refractivity contribution is 7.88. The van der Waals surface area contributed by atoms with Crippen LogP contribution in [0.1, 0.15) is 12.0 Å². The second-order valence-corrected chi connectivity index (χ2v) is 9.60. The van der Waals surface area contributed by atoms with Gasteiger partial charge in [0.2, 0.25) is 10.0 Å². The van der Waals surface area contributed by atoms with Gasteiger partial charge in [-0.25, -0.2) is 12.7 Å². The van der Waals surface area contributed by atoms with Crippen molar-refractivity contribution in [1.29, 1.82) is 0 Å². The number of fused-ring (bicyclic) bond motifs is 2. The fourth-order valence-electron chi connectivity index (χ4n) is 4.49. The van der Waals surface area contributed by atoms with Gasteiger partial charge in [0.25, 0.3) is 0 Å². The molecule has 136 valence electrons. The molecule has 2 atom stereocenters. The number of benzene rings is 1. The van der Waals surface area contributed by atoms with E-state index in [-0.39, 0.29) is 17.9 Å². The number of piperidine rings is 1. The monoisotopic (exact) mass is 363 g/mol. The van der Waals surface area contributed by atoms with Gasteiger partial charge in [0.15, 0.2) is 0 Å². The van der Waals surface area contributed by atoms with Crippen LogP contribution in [0.2, 0.25) is 0 Å². The average Bonchev–Trinajstić information content (AvgIpc) is 3.19. The van der Waals surface area contributed by atoms with Crippen molar-refractivity contribution in [3.05, 3.63) is 36.0 Å². The zero-order chi connectivity index (χ0) is 17.7. The summed E-state index contributed by atoms with van der Waals surface area (Å²) >= 11 is 0. The van der Waals surface area contributed by atoms with Crippen molar-refractivity contribution in [2.45, 2.75) is 13.0 Å². The Balaban J connectivity index is 1.53. The minimum Gasteiger partial charge on any atom is -0.396 e. The van der Waals surface area contributed by atoms with E-state index in [4.69, 9.17) is 0 Å². The summed E-state index contributed by atoms with van der Waals surface area (Å²) in [5.41, 5.74) is 2.15. The molecule has 2 aromatic rings. The molecule has 2 fully saturated rings. The van der Waals surface area contributed by atoms with Gasteiger partial charge in [-0.1, -0.05) is 12.1 Å². The summed E-state index contributed by atoms with van der Waals surface area (Å²) in [6, 6.07) is 8.40. The van der Waals surface area contributed by atoms with E-state index >= 15 is 0 Å². The fourth-order valence-corrected chi connectivity index (χ4v) is 5.43. The minimum atomic E-state index is -3.21. The molecule has 1 aromatic heterocycles.